The van der Waals surface area contributed by atoms with Crippen molar-refractivity contribution in [1.29, 1.82) is 0 Å². The molecule has 0 aliphatic heterocycles. The van der Waals surface area contributed by atoms with E-state index in [1.165, 1.54) is 26.4 Å². The zero-order valence-electron chi connectivity index (χ0n) is 9.30. The highest BCUT2D eigenvalue weighted by molar-refractivity contribution is 5.51. The Morgan fingerprint density at radius 2 is 1.82 bits per heavy atom. The van der Waals surface area contributed by atoms with Gasteiger partial charge in [-0.1, -0.05) is 12.1 Å². The van der Waals surface area contributed by atoms with Crippen molar-refractivity contribution in [3.8, 4) is 5.75 Å². The molecule has 0 aromatic heterocycles. The largest absolute Gasteiger partial charge is 0.573 e. The van der Waals surface area contributed by atoms with E-state index in [-0.39, 0.29) is 5.75 Å². The maximum atomic E-state index is 12.2. The van der Waals surface area contributed by atoms with Crippen molar-refractivity contribution in [3.63, 3.8) is 0 Å². The fourth-order valence-corrected chi connectivity index (χ4v) is 2.03. The van der Waals surface area contributed by atoms with Crippen molar-refractivity contribution >= 4 is 0 Å². The number of ether oxygens (including phenoxy) is 3. The monoisotopic (exact) mass is 248 g/mol. The fraction of sp³-hybridized carbons (Fsp3) is 0.455. The Balaban J connectivity index is 2.40. The van der Waals surface area contributed by atoms with E-state index in [0.29, 0.717) is 12.0 Å². The molecule has 1 aromatic carbocycles. The molecule has 0 unspecified atom stereocenters. The highest BCUT2D eigenvalue weighted by Crippen LogP contribution is 2.48. The highest BCUT2D eigenvalue weighted by atomic mass is 19.4. The van der Waals surface area contributed by atoms with Crippen LogP contribution in [0.4, 0.5) is 13.2 Å². The lowest BCUT2D eigenvalue weighted by atomic mass is 9.81. The molecule has 2 rings (SSSR count). The van der Waals surface area contributed by atoms with Crippen LogP contribution < -0.4 is 4.74 Å². The summed E-state index contributed by atoms with van der Waals surface area (Å²) in [5.41, 5.74) is 1.04. The van der Waals surface area contributed by atoms with Gasteiger partial charge in [0.1, 0.15) is 5.75 Å². The molecular formula is C11H11F3O3. The quantitative estimate of drug-likeness (QED) is 0.769. The standard InChI is InChI=1S/C11H11F3O3/c1-15-10(16-2)6-7-4-3-5-8(9(7)10)17-11(12,13)14/h3-5H,6H2,1-2H3. The summed E-state index contributed by atoms with van der Waals surface area (Å²) in [5.74, 6) is -1.40. The van der Waals surface area contributed by atoms with Crippen molar-refractivity contribution < 1.29 is 27.4 Å². The second kappa shape index (κ2) is 3.89. The minimum atomic E-state index is -4.72. The van der Waals surface area contributed by atoms with Crippen molar-refractivity contribution in [2.24, 2.45) is 0 Å². The first-order valence-corrected chi connectivity index (χ1v) is 4.90. The van der Waals surface area contributed by atoms with Gasteiger partial charge in [-0.3, -0.25) is 0 Å². The fourth-order valence-electron chi connectivity index (χ4n) is 2.03. The van der Waals surface area contributed by atoms with Gasteiger partial charge >= 0.3 is 6.36 Å². The molecule has 0 saturated carbocycles. The molecule has 0 saturated heterocycles. The van der Waals surface area contributed by atoms with E-state index in [0.717, 1.165) is 5.56 Å². The van der Waals surface area contributed by atoms with Gasteiger partial charge in [-0.25, -0.2) is 0 Å². The molecule has 6 heteroatoms. The molecule has 0 fully saturated rings. The third kappa shape index (κ3) is 1.98. The molecule has 1 aliphatic rings. The smallest absolute Gasteiger partial charge is 0.405 e. The molecular weight excluding hydrogens is 237 g/mol. The highest BCUT2D eigenvalue weighted by Gasteiger charge is 2.48. The summed E-state index contributed by atoms with van der Waals surface area (Å²) in [6, 6.07) is 4.47. The number of rotatable bonds is 3. The molecule has 0 heterocycles. The topological polar surface area (TPSA) is 27.7 Å². The molecule has 94 valence electrons. The van der Waals surface area contributed by atoms with Crippen LogP contribution in [0.5, 0.6) is 5.75 Å². The number of fused-ring (bicyclic) bond motifs is 1. The van der Waals surface area contributed by atoms with Crippen LogP contribution in [0.3, 0.4) is 0 Å². The van der Waals surface area contributed by atoms with E-state index in [1.807, 2.05) is 0 Å². The normalized spacial score (nSPS) is 17.2. The average molecular weight is 248 g/mol. The Labute approximate surface area is 96.1 Å². The number of hydrogen-bond acceptors (Lipinski definition) is 3. The van der Waals surface area contributed by atoms with Gasteiger partial charge < -0.3 is 14.2 Å². The van der Waals surface area contributed by atoms with E-state index in [2.05, 4.69) is 4.74 Å². The van der Waals surface area contributed by atoms with Gasteiger partial charge in [0, 0.05) is 20.6 Å². The lowest BCUT2D eigenvalue weighted by Gasteiger charge is -2.42. The molecule has 0 radical (unpaired) electrons. The first-order chi connectivity index (χ1) is 7.92. The zero-order chi connectivity index (χ0) is 12.7. The summed E-state index contributed by atoms with van der Waals surface area (Å²) in [5, 5.41) is 0. The van der Waals surface area contributed by atoms with Crippen LogP contribution in [-0.2, 0) is 21.7 Å². The number of halogens is 3. The third-order valence-corrected chi connectivity index (χ3v) is 2.80. The molecule has 0 spiro atoms. The number of methoxy groups -OCH3 is 2. The van der Waals surface area contributed by atoms with Crippen LogP contribution in [0.1, 0.15) is 11.1 Å². The molecule has 1 aromatic rings. The number of benzene rings is 1. The predicted octanol–water partition coefficient (Wildman–Crippen LogP) is 2.59. The van der Waals surface area contributed by atoms with Crippen LogP contribution >= 0.6 is 0 Å². The molecule has 0 amide bonds. The second-order valence-electron chi connectivity index (χ2n) is 3.68. The SMILES string of the molecule is COC1(OC)Cc2cccc(OC(F)(F)F)c21. The van der Waals surface area contributed by atoms with Gasteiger partial charge in [-0.05, 0) is 11.6 Å². The van der Waals surface area contributed by atoms with Crippen molar-refractivity contribution in [2.45, 2.75) is 18.6 Å². The van der Waals surface area contributed by atoms with E-state index in [9.17, 15) is 13.2 Å². The van der Waals surface area contributed by atoms with Gasteiger partial charge in [0.25, 0.3) is 0 Å². The first-order valence-electron chi connectivity index (χ1n) is 4.90. The van der Waals surface area contributed by atoms with Crippen LogP contribution in [0.2, 0.25) is 0 Å². The van der Waals surface area contributed by atoms with Crippen LogP contribution in [0, 0.1) is 0 Å². The Morgan fingerprint density at radius 1 is 1.18 bits per heavy atom. The van der Waals surface area contributed by atoms with E-state index in [4.69, 9.17) is 9.47 Å². The Hall–Kier alpha value is -1.27. The third-order valence-electron chi connectivity index (χ3n) is 2.80. The summed E-state index contributed by atoms with van der Waals surface area (Å²) >= 11 is 0. The van der Waals surface area contributed by atoms with Crippen molar-refractivity contribution in [2.75, 3.05) is 14.2 Å². The number of alkyl halides is 3. The maximum Gasteiger partial charge on any atom is 0.573 e. The molecule has 17 heavy (non-hydrogen) atoms. The Morgan fingerprint density at radius 3 is 2.35 bits per heavy atom. The first kappa shape index (κ1) is 12.2. The van der Waals surface area contributed by atoms with Crippen LogP contribution in [0.15, 0.2) is 18.2 Å². The van der Waals surface area contributed by atoms with Gasteiger partial charge in [-0.15, -0.1) is 13.2 Å². The summed E-state index contributed by atoms with van der Waals surface area (Å²) < 4.78 is 50.9. The second-order valence-corrected chi connectivity index (χ2v) is 3.68. The van der Waals surface area contributed by atoms with Crippen LogP contribution in [0.25, 0.3) is 0 Å². The van der Waals surface area contributed by atoms with E-state index < -0.39 is 12.1 Å². The predicted molar refractivity (Wildman–Crippen MR) is 52.5 cm³/mol. The lowest BCUT2D eigenvalue weighted by molar-refractivity contribution is -0.279. The van der Waals surface area contributed by atoms with Gasteiger partial charge in [-0.2, -0.15) is 0 Å². The average Bonchev–Trinajstić information content (AvgIpc) is 2.19. The van der Waals surface area contributed by atoms with Gasteiger partial charge in [0.2, 0.25) is 5.79 Å². The van der Waals surface area contributed by atoms with Crippen LogP contribution in [-0.4, -0.2) is 20.6 Å². The molecule has 3 nitrogen and oxygen atoms in total. The zero-order valence-corrected chi connectivity index (χ0v) is 9.30. The summed E-state index contributed by atoms with van der Waals surface area (Å²) in [6.45, 7) is 0. The minimum Gasteiger partial charge on any atom is -0.405 e. The maximum absolute atomic E-state index is 12.2. The summed E-state index contributed by atoms with van der Waals surface area (Å²) in [6.07, 6.45) is -4.32. The van der Waals surface area contributed by atoms with Crippen molar-refractivity contribution in [3.05, 3.63) is 29.3 Å². The molecule has 1 aliphatic carbocycles. The lowest BCUT2D eigenvalue weighted by Crippen LogP contribution is -2.43. The molecule has 0 bridgehead atoms. The van der Waals surface area contributed by atoms with E-state index in [1.54, 1.807) is 6.07 Å². The molecule has 0 N–H and O–H groups in total. The van der Waals surface area contributed by atoms with Gasteiger partial charge in [0.15, 0.2) is 0 Å². The minimum absolute atomic E-state index is 0.273. The summed E-state index contributed by atoms with van der Waals surface area (Å²) in [4.78, 5) is 0. The molecule has 0 atom stereocenters. The van der Waals surface area contributed by atoms with Gasteiger partial charge in [0.05, 0.1) is 5.56 Å². The Kier molecular flexibility index (Phi) is 2.79. The van der Waals surface area contributed by atoms with E-state index >= 15 is 0 Å². The summed E-state index contributed by atoms with van der Waals surface area (Å²) in [7, 11) is 2.77. The number of hydrogen-bond donors (Lipinski definition) is 0. The van der Waals surface area contributed by atoms with Crippen molar-refractivity contribution in [1.82, 2.24) is 0 Å². The Bertz CT molecular complexity index is 424.